The maximum Gasteiger partial charge on any atom is 0.246 e. The molecule has 2 bridgehead atoms. The van der Waals surface area contributed by atoms with Gasteiger partial charge in [0.2, 0.25) is 5.23 Å². The van der Waals surface area contributed by atoms with Gasteiger partial charge in [-0.2, -0.15) is 0 Å². The van der Waals surface area contributed by atoms with Crippen LogP contribution in [0.2, 0.25) is 0 Å². The van der Waals surface area contributed by atoms with Crippen molar-refractivity contribution in [1.29, 1.82) is 0 Å². The third kappa shape index (κ3) is 1.73. The molecule has 0 N–H and O–H groups in total. The van der Waals surface area contributed by atoms with Crippen LogP contribution in [0, 0.1) is 17.3 Å². The van der Waals surface area contributed by atoms with Crippen LogP contribution < -0.4 is 0 Å². The second kappa shape index (κ2) is 4.31. The fourth-order valence-electron chi connectivity index (χ4n) is 4.02. The molecule has 0 aromatic carbocycles. The highest BCUT2D eigenvalue weighted by atomic mass is 35.5. The monoisotopic (exact) mass is 287 g/mol. The Hall–Kier alpha value is 0.110. The predicted molar refractivity (Wildman–Crippen MR) is 78.5 cm³/mol. The Labute approximate surface area is 119 Å². The molecule has 0 unspecified atom stereocenters. The molecule has 4 heteroatoms. The quantitative estimate of drug-likeness (QED) is 0.718. The van der Waals surface area contributed by atoms with Gasteiger partial charge in [-0.05, 0) is 43.4 Å². The van der Waals surface area contributed by atoms with Crippen molar-refractivity contribution in [2.24, 2.45) is 22.2 Å². The molecule has 0 radical (unpaired) electrons. The Balaban J connectivity index is 1.85. The van der Waals surface area contributed by atoms with Crippen LogP contribution in [-0.2, 0) is 4.74 Å². The highest BCUT2D eigenvalue weighted by Gasteiger charge is 2.60. The molecule has 18 heavy (non-hydrogen) atoms. The maximum atomic E-state index is 5.85. The summed E-state index contributed by atoms with van der Waals surface area (Å²) >= 11 is 7.58. The zero-order valence-corrected chi connectivity index (χ0v) is 13.0. The SMILES string of the molecule is CC1(C)[C@H]2CC[C@@H](C2)[C@]1(C)N=C1O[C@H](CCl)CS1. The summed E-state index contributed by atoms with van der Waals surface area (Å²) in [7, 11) is 0. The molecule has 1 saturated heterocycles. The summed E-state index contributed by atoms with van der Waals surface area (Å²) in [5.41, 5.74) is 0.353. The van der Waals surface area contributed by atoms with Crippen molar-refractivity contribution in [1.82, 2.24) is 0 Å². The number of nitrogens with zero attached hydrogens (tertiary/aromatic N) is 1. The lowest BCUT2D eigenvalue weighted by Gasteiger charge is -2.44. The van der Waals surface area contributed by atoms with Gasteiger partial charge in [0, 0.05) is 5.75 Å². The first kappa shape index (κ1) is 13.1. The van der Waals surface area contributed by atoms with Crippen LogP contribution in [0.15, 0.2) is 4.99 Å². The lowest BCUT2D eigenvalue weighted by molar-refractivity contribution is 0.100. The van der Waals surface area contributed by atoms with Crippen molar-refractivity contribution in [2.75, 3.05) is 11.6 Å². The van der Waals surface area contributed by atoms with Crippen LogP contribution in [0.5, 0.6) is 0 Å². The zero-order valence-electron chi connectivity index (χ0n) is 11.4. The summed E-state index contributed by atoms with van der Waals surface area (Å²) in [6.45, 7) is 7.11. The zero-order chi connectivity index (χ0) is 13.0. The number of thioether (sulfide) groups is 1. The van der Waals surface area contributed by atoms with E-state index in [9.17, 15) is 0 Å². The minimum absolute atomic E-state index is 0.0550. The van der Waals surface area contributed by atoms with E-state index in [1.54, 1.807) is 11.8 Å². The highest BCUT2D eigenvalue weighted by molar-refractivity contribution is 8.13. The number of hydrogen-bond donors (Lipinski definition) is 0. The molecule has 3 fully saturated rings. The Morgan fingerprint density at radius 1 is 1.33 bits per heavy atom. The number of hydrogen-bond acceptors (Lipinski definition) is 3. The molecule has 4 atom stereocenters. The van der Waals surface area contributed by atoms with Crippen molar-refractivity contribution >= 4 is 28.6 Å². The largest absolute Gasteiger partial charge is 0.468 e. The maximum absolute atomic E-state index is 5.85. The van der Waals surface area contributed by atoms with Gasteiger partial charge >= 0.3 is 0 Å². The van der Waals surface area contributed by atoms with Crippen LogP contribution in [-0.4, -0.2) is 28.5 Å². The minimum atomic E-state index is 0.0550. The van der Waals surface area contributed by atoms with E-state index in [0.29, 0.717) is 11.3 Å². The fraction of sp³-hybridized carbons (Fsp3) is 0.929. The molecule has 0 aromatic heterocycles. The van der Waals surface area contributed by atoms with E-state index in [0.717, 1.165) is 22.8 Å². The van der Waals surface area contributed by atoms with E-state index in [1.807, 2.05) is 0 Å². The first-order valence-electron chi connectivity index (χ1n) is 6.92. The number of rotatable bonds is 2. The summed E-state index contributed by atoms with van der Waals surface area (Å²) in [4.78, 5) is 5.04. The molecule has 1 aliphatic heterocycles. The molecule has 3 rings (SSSR count). The van der Waals surface area contributed by atoms with E-state index >= 15 is 0 Å². The van der Waals surface area contributed by atoms with E-state index in [1.165, 1.54) is 19.3 Å². The molecule has 1 heterocycles. The van der Waals surface area contributed by atoms with Gasteiger partial charge in [0.1, 0.15) is 6.10 Å². The third-order valence-electron chi connectivity index (χ3n) is 5.71. The predicted octanol–water partition coefficient (Wildman–Crippen LogP) is 3.93. The Morgan fingerprint density at radius 2 is 2.06 bits per heavy atom. The van der Waals surface area contributed by atoms with Gasteiger partial charge in [-0.15, -0.1) is 11.6 Å². The van der Waals surface area contributed by atoms with Gasteiger partial charge in [-0.1, -0.05) is 25.6 Å². The number of alkyl halides is 1. The average Bonchev–Trinajstić information content (AvgIpc) is 2.99. The smallest absolute Gasteiger partial charge is 0.246 e. The van der Waals surface area contributed by atoms with E-state index in [4.69, 9.17) is 21.3 Å². The second-order valence-electron chi connectivity index (χ2n) is 6.66. The van der Waals surface area contributed by atoms with Gasteiger partial charge < -0.3 is 4.74 Å². The van der Waals surface area contributed by atoms with Crippen LogP contribution >= 0.6 is 23.4 Å². The molecule has 2 aliphatic carbocycles. The molecule has 0 spiro atoms. The highest BCUT2D eigenvalue weighted by Crippen LogP contribution is 2.63. The third-order valence-corrected chi connectivity index (χ3v) is 7.03. The summed E-state index contributed by atoms with van der Waals surface area (Å²) in [6.07, 6.45) is 4.23. The number of ether oxygens (including phenoxy) is 1. The number of fused-ring (bicyclic) bond motifs is 2. The van der Waals surface area contributed by atoms with Gasteiger partial charge in [-0.25, -0.2) is 4.99 Å². The van der Waals surface area contributed by atoms with Crippen molar-refractivity contribution in [2.45, 2.75) is 51.7 Å². The summed E-state index contributed by atoms with van der Waals surface area (Å²) < 4.78 is 5.82. The lowest BCUT2D eigenvalue weighted by Crippen LogP contribution is -2.45. The van der Waals surface area contributed by atoms with E-state index < -0.39 is 0 Å². The molecular weight excluding hydrogens is 266 g/mol. The fourth-order valence-corrected chi connectivity index (χ4v) is 5.30. The Bertz CT molecular complexity index is 384. The first-order chi connectivity index (χ1) is 8.47. The topological polar surface area (TPSA) is 21.6 Å². The lowest BCUT2D eigenvalue weighted by atomic mass is 9.64. The van der Waals surface area contributed by atoms with Crippen molar-refractivity contribution < 1.29 is 4.74 Å². The van der Waals surface area contributed by atoms with E-state index in [2.05, 4.69) is 20.8 Å². The number of halogens is 1. The summed E-state index contributed by atoms with van der Waals surface area (Å²) in [5, 5.41) is 0.878. The summed E-state index contributed by atoms with van der Waals surface area (Å²) in [6, 6.07) is 0. The van der Waals surface area contributed by atoms with Crippen LogP contribution in [0.1, 0.15) is 40.0 Å². The van der Waals surface area contributed by atoms with Crippen LogP contribution in [0.3, 0.4) is 0 Å². The van der Waals surface area contributed by atoms with Gasteiger partial charge in [0.25, 0.3) is 0 Å². The van der Waals surface area contributed by atoms with E-state index in [-0.39, 0.29) is 11.6 Å². The molecule has 2 nitrogen and oxygen atoms in total. The second-order valence-corrected chi connectivity index (χ2v) is 7.94. The molecule has 102 valence electrons. The summed E-state index contributed by atoms with van der Waals surface area (Å²) in [5.74, 6) is 3.10. The van der Waals surface area contributed by atoms with Gasteiger partial charge in [0.15, 0.2) is 0 Å². The Kier molecular flexibility index (Phi) is 3.14. The average molecular weight is 288 g/mol. The standard InChI is InChI=1S/C14H22ClNOS/c1-13(2)9-4-5-10(6-9)14(13,3)16-12-17-11(7-15)8-18-12/h9-11H,4-8H2,1-3H3/t9-,10-,11+,14-/m0/s1. The van der Waals surface area contributed by atoms with Crippen molar-refractivity contribution in [3.8, 4) is 0 Å². The minimum Gasteiger partial charge on any atom is -0.468 e. The molecule has 0 amide bonds. The molecule has 2 saturated carbocycles. The van der Waals surface area contributed by atoms with Crippen molar-refractivity contribution in [3.05, 3.63) is 0 Å². The Morgan fingerprint density at radius 3 is 2.61 bits per heavy atom. The molecule has 0 aromatic rings. The van der Waals surface area contributed by atoms with Crippen molar-refractivity contribution in [3.63, 3.8) is 0 Å². The first-order valence-corrected chi connectivity index (χ1v) is 8.44. The normalized spacial score (nSPS) is 47.8. The van der Waals surface area contributed by atoms with Gasteiger partial charge in [0.05, 0.1) is 11.4 Å². The number of aliphatic imine (C=N–C) groups is 1. The molecule has 3 aliphatic rings. The van der Waals surface area contributed by atoms with Gasteiger partial charge in [-0.3, -0.25) is 0 Å². The van der Waals surface area contributed by atoms with Crippen LogP contribution in [0.25, 0.3) is 0 Å². The van der Waals surface area contributed by atoms with Crippen LogP contribution in [0.4, 0.5) is 0 Å². The molecular formula is C14H22ClNOS.